The Labute approximate surface area is 142 Å². The van der Waals surface area contributed by atoms with Crippen LogP contribution in [0.25, 0.3) is 11.0 Å². The Morgan fingerprint density at radius 2 is 2.00 bits per heavy atom. The van der Waals surface area contributed by atoms with Crippen LogP contribution in [0.15, 0.2) is 13.4 Å². The fraction of sp³-hybridized carbons (Fsp3) is 0.462. The number of aliphatic hydroxyl groups excluding tert-OH is 1. The maximum Gasteiger partial charge on any atom is 0.203 e. The third-order valence-corrected chi connectivity index (χ3v) is 7.04. The molecule has 1 aliphatic heterocycles. The maximum atomic E-state index is 8.90. The average Bonchev–Trinajstić information content (AvgIpc) is 2.83. The standard InChI is InChI=1S/C13H14Br3N3O/c14-8-7-3-1-5-19-12(7)11(10(16)9(8)15)18-13(19)17-4-2-6-20/h20H,1-6H2,(H,17,18). The number of halogens is 3. The first-order valence-electron chi connectivity index (χ1n) is 6.55. The van der Waals surface area contributed by atoms with E-state index in [4.69, 9.17) is 10.1 Å². The van der Waals surface area contributed by atoms with Crippen molar-refractivity contribution in [2.75, 3.05) is 18.5 Å². The van der Waals surface area contributed by atoms with E-state index in [2.05, 4.69) is 57.7 Å². The number of anilines is 1. The van der Waals surface area contributed by atoms with E-state index in [1.807, 2.05) is 0 Å². The lowest BCUT2D eigenvalue weighted by molar-refractivity contribution is 0.292. The smallest absolute Gasteiger partial charge is 0.203 e. The molecule has 2 N–H and O–H groups in total. The molecule has 1 aromatic carbocycles. The summed E-state index contributed by atoms with van der Waals surface area (Å²) in [5.74, 6) is 0.889. The van der Waals surface area contributed by atoms with E-state index in [9.17, 15) is 0 Å². The van der Waals surface area contributed by atoms with Crippen LogP contribution >= 0.6 is 47.8 Å². The normalized spacial score (nSPS) is 14.0. The summed E-state index contributed by atoms with van der Waals surface area (Å²) in [4.78, 5) is 4.73. The second-order valence-electron chi connectivity index (χ2n) is 4.81. The summed E-state index contributed by atoms with van der Waals surface area (Å²) >= 11 is 10.9. The highest BCUT2D eigenvalue weighted by molar-refractivity contribution is 9.14. The number of hydrogen-bond donors (Lipinski definition) is 2. The number of aryl methyl sites for hydroxylation is 2. The van der Waals surface area contributed by atoms with E-state index in [-0.39, 0.29) is 6.61 Å². The van der Waals surface area contributed by atoms with Gasteiger partial charge in [0, 0.05) is 28.6 Å². The van der Waals surface area contributed by atoms with Crippen LogP contribution in [0.3, 0.4) is 0 Å². The van der Waals surface area contributed by atoms with Gasteiger partial charge in [-0.05, 0) is 72.6 Å². The van der Waals surface area contributed by atoms with Gasteiger partial charge in [0.15, 0.2) is 0 Å². The van der Waals surface area contributed by atoms with Crippen LogP contribution in [0.4, 0.5) is 5.95 Å². The number of nitrogens with one attached hydrogen (secondary N) is 1. The van der Waals surface area contributed by atoms with Gasteiger partial charge in [-0.15, -0.1) is 0 Å². The topological polar surface area (TPSA) is 50.1 Å². The molecule has 3 rings (SSSR count). The highest BCUT2D eigenvalue weighted by Gasteiger charge is 2.24. The molecule has 20 heavy (non-hydrogen) atoms. The summed E-state index contributed by atoms with van der Waals surface area (Å²) in [7, 11) is 0. The van der Waals surface area contributed by atoms with Crippen LogP contribution in [0.2, 0.25) is 0 Å². The van der Waals surface area contributed by atoms with Gasteiger partial charge < -0.3 is 15.0 Å². The fourth-order valence-corrected chi connectivity index (χ4v) is 4.37. The van der Waals surface area contributed by atoms with Crippen molar-refractivity contribution < 1.29 is 5.11 Å². The second-order valence-corrected chi connectivity index (χ2v) is 7.19. The van der Waals surface area contributed by atoms with E-state index >= 15 is 0 Å². The molecular weight excluding hydrogens is 454 g/mol. The van der Waals surface area contributed by atoms with Gasteiger partial charge in [0.25, 0.3) is 0 Å². The molecule has 1 aliphatic rings. The number of aliphatic hydroxyl groups is 1. The predicted molar refractivity (Wildman–Crippen MR) is 91.3 cm³/mol. The zero-order chi connectivity index (χ0) is 14.3. The lowest BCUT2D eigenvalue weighted by atomic mass is 10.0. The molecule has 0 aliphatic carbocycles. The number of rotatable bonds is 4. The molecule has 0 unspecified atom stereocenters. The van der Waals surface area contributed by atoms with Crippen molar-refractivity contribution >= 4 is 64.8 Å². The third-order valence-electron chi connectivity index (χ3n) is 3.54. The fourth-order valence-electron chi connectivity index (χ4n) is 2.62. The van der Waals surface area contributed by atoms with Gasteiger partial charge in [-0.2, -0.15) is 0 Å². The van der Waals surface area contributed by atoms with Gasteiger partial charge >= 0.3 is 0 Å². The largest absolute Gasteiger partial charge is 0.396 e. The van der Waals surface area contributed by atoms with Crippen molar-refractivity contribution in [3.63, 3.8) is 0 Å². The summed E-state index contributed by atoms with van der Waals surface area (Å²) in [6.07, 6.45) is 2.90. The maximum absolute atomic E-state index is 8.90. The molecule has 0 bridgehead atoms. The second kappa shape index (κ2) is 5.94. The first-order valence-corrected chi connectivity index (χ1v) is 8.93. The van der Waals surface area contributed by atoms with Crippen molar-refractivity contribution in [1.82, 2.24) is 9.55 Å². The molecule has 0 spiro atoms. The number of hydrogen-bond acceptors (Lipinski definition) is 3. The minimum atomic E-state index is 0.194. The molecule has 0 amide bonds. The first-order chi connectivity index (χ1) is 9.65. The van der Waals surface area contributed by atoms with E-state index in [0.717, 1.165) is 57.2 Å². The number of benzene rings is 1. The molecule has 2 heterocycles. The van der Waals surface area contributed by atoms with Gasteiger partial charge in [0.1, 0.15) is 5.52 Å². The Morgan fingerprint density at radius 3 is 2.75 bits per heavy atom. The zero-order valence-corrected chi connectivity index (χ0v) is 15.5. The number of aromatic nitrogens is 2. The van der Waals surface area contributed by atoms with Crippen molar-refractivity contribution in [3.8, 4) is 0 Å². The average molecular weight is 468 g/mol. The van der Waals surface area contributed by atoms with Crippen LogP contribution in [0.5, 0.6) is 0 Å². The zero-order valence-electron chi connectivity index (χ0n) is 10.7. The minimum Gasteiger partial charge on any atom is -0.396 e. The van der Waals surface area contributed by atoms with Gasteiger partial charge in [0.05, 0.1) is 9.99 Å². The van der Waals surface area contributed by atoms with E-state index < -0.39 is 0 Å². The summed E-state index contributed by atoms with van der Waals surface area (Å²) in [5.41, 5.74) is 3.50. The quantitative estimate of drug-likeness (QED) is 0.526. The van der Waals surface area contributed by atoms with E-state index in [1.165, 1.54) is 11.1 Å². The summed E-state index contributed by atoms with van der Waals surface area (Å²) in [5, 5.41) is 12.2. The Hall–Kier alpha value is -0.110. The molecule has 108 valence electrons. The van der Waals surface area contributed by atoms with Gasteiger partial charge in [-0.1, -0.05) is 0 Å². The molecule has 0 fully saturated rings. The third kappa shape index (κ3) is 2.32. The first kappa shape index (κ1) is 14.8. The van der Waals surface area contributed by atoms with Gasteiger partial charge in [-0.25, -0.2) is 4.98 Å². The predicted octanol–water partition coefficient (Wildman–Crippen LogP) is 4.06. The summed E-state index contributed by atoms with van der Waals surface area (Å²) < 4.78 is 5.36. The van der Waals surface area contributed by atoms with Crippen molar-refractivity contribution in [1.29, 1.82) is 0 Å². The van der Waals surface area contributed by atoms with Gasteiger partial charge in [-0.3, -0.25) is 0 Å². The monoisotopic (exact) mass is 465 g/mol. The Kier molecular flexibility index (Phi) is 4.40. The van der Waals surface area contributed by atoms with Crippen LogP contribution in [-0.4, -0.2) is 27.8 Å². The van der Waals surface area contributed by atoms with E-state index in [0.29, 0.717) is 0 Å². The van der Waals surface area contributed by atoms with Crippen molar-refractivity contribution in [2.24, 2.45) is 0 Å². The molecule has 0 atom stereocenters. The summed E-state index contributed by atoms with van der Waals surface area (Å²) in [6, 6.07) is 0. The van der Waals surface area contributed by atoms with E-state index in [1.54, 1.807) is 0 Å². The summed E-state index contributed by atoms with van der Waals surface area (Å²) in [6.45, 7) is 1.90. The molecule has 0 radical (unpaired) electrons. The lowest BCUT2D eigenvalue weighted by Crippen LogP contribution is -2.13. The van der Waals surface area contributed by atoms with Crippen LogP contribution < -0.4 is 5.32 Å². The molecule has 2 aromatic rings. The van der Waals surface area contributed by atoms with Crippen LogP contribution in [0.1, 0.15) is 18.4 Å². The molecule has 7 heteroatoms. The molecular formula is C13H14Br3N3O. The molecule has 0 saturated heterocycles. The van der Waals surface area contributed by atoms with Crippen molar-refractivity contribution in [3.05, 3.63) is 19.0 Å². The Morgan fingerprint density at radius 1 is 1.20 bits per heavy atom. The molecule has 4 nitrogen and oxygen atoms in total. The van der Waals surface area contributed by atoms with Crippen LogP contribution in [-0.2, 0) is 13.0 Å². The lowest BCUT2D eigenvalue weighted by Gasteiger charge is -2.19. The highest BCUT2D eigenvalue weighted by atomic mass is 79.9. The SMILES string of the molecule is OCCCNc1nc2c(Br)c(Br)c(Br)c3c2n1CCC3. The molecule has 1 aromatic heterocycles. The van der Waals surface area contributed by atoms with Crippen molar-refractivity contribution in [2.45, 2.75) is 25.8 Å². The Balaban J connectivity index is 2.16. The minimum absolute atomic E-state index is 0.194. The number of nitrogens with zero attached hydrogens (tertiary/aromatic N) is 2. The Bertz CT molecular complexity index is 669. The van der Waals surface area contributed by atoms with Gasteiger partial charge in [0.2, 0.25) is 5.95 Å². The highest BCUT2D eigenvalue weighted by Crippen LogP contribution is 2.43. The van der Waals surface area contributed by atoms with Crippen LogP contribution in [0, 0.1) is 0 Å². The molecule has 0 saturated carbocycles. The number of imidazole rings is 1.